The molecule has 2 rings (SSSR count). The van der Waals surface area contributed by atoms with Crippen molar-refractivity contribution >= 4 is 0 Å². The monoisotopic (exact) mass is 198 g/mol. The Bertz CT molecular complexity index is 562. The molecule has 0 aliphatic rings. The normalized spacial score (nSPS) is 9.53. The standard InChI is InChI=1S/C10H6N4O/c11-4-7-2-1-3-8(14-7)9-5-13-10(15)6-12-9/h1-3,5-6H,(H,13,15). The van der Waals surface area contributed by atoms with Crippen LogP contribution in [0.5, 0.6) is 0 Å². The van der Waals surface area contributed by atoms with Gasteiger partial charge in [-0.05, 0) is 12.1 Å². The van der Waals surface area contributed by atoms with Crippen LogP contribution in [0.4, 0.5) is 0 Å². The van der Waals surface area contributed by atoms with Crippen LogP contribution in [0.2, 0.25) is 0 Å². The highest BCUT2D eigenvalue weighted by molar-refractivity contribution is 5.53. The number of nitrogens with one attached hydrogen (secondary N) is 1. The Kier molecular flexibility index (Phi) is 2.25. The quantitative estimate of drug-likeness (QED) is 0.731. The van der Waals surface area contributed by atoms with Gasteiger partial charge in [0, 0.05) is 6.20 Å². The molecule has 5 heteroatoms. The summed E-state index contributed by atoms with van der Waals surface area (Å²) in [6.45, 7) is 0. The summed E-state index contributed by atoms with van der Waals surface area (Å²) >= 11 is 0. The Labute approximate surface area is 85.1 Å². The minimum atomic E-state index is -0.268. The Morgan fingerprint density at radius 3 is 2.87 bits per heavy atom. The minimum Gasteiger partial charge on any atom is -0.326 e. The molecule has 15 heavy (non-hydrogen) atoms. The summed E-state index contributed by atoms with van der Waals surface area (Å²) in [7, 11) is 0. The van der Waals surface area contributed by atoms with Gasteiger partial charge in [-0.3, -0.25) is 4.79 Å². The van der Waals surface area contributed by atoms with E-state index in [4.69, 9.17) is 5.26 Å². The van der Waals surface area contributed by atoms with E-state index in [9.17, 15) is 4.79 Å². The van der Waals surface area contributed by atoms with Crippen molar-refractivity contribution in [2.75, 3.05) is 0 Å². The molecule has 0 saturated heterocycles. The smallest absolute Gasteiger partial charge is 0.266 e. The van der Waals surface area contributed by atoms with E-state index >= 15 is 0 Å². The summed E-state index contributed by atoms with van der Waals surface area (Å²) < 4.78 is 0. The average Bonchev–Trinajstić information content (AvgIpc) is 2.30. The Hall–Kier alpha value is -2.48. The van der Waals surface area contributed by atoms with Crippen LogP contribution >= 0.6 is 0 Å². The predicted octanol–water partition coefficient (Wildman–Crippen LogP) is 0.704. The predicted molar refractivity (Wildman–Crippen MR) is 52.8 cm³/mol. The first-order chi connectivity index (χ1) is 7.29. The first-order valence-corrected chi connectivity index (χ1v) is 4.22. The van der Waals surface area contributed by atoms with Crippen molar-refractivity contribution in [3.8, 4) is 17.5 Å². The van der Waals surface area contributed by atoms with Crippen LogP contribution in [-0.2, 0) is 0 Å². The third-order valence-electron chi connectivity index (χ3n) is 1.80. The van der Waals surface area contributed by atoms with E-state index in [1.54, 1.807) is 18.2 Å². The largest absolute Gasteiger partial charge is 0.326 e. The van der Waals surface area contributed by atoms with Gasteiger partial charge in [-0.2, -0.15) is 5.26 Å². The van der Waals surface area contributed by atoms with E-state index in [0.29, 0.717) is 17.1 Å². The fraction of sp³-hybridized carbons (Fsp3) is 0. The highest BCUT2D eigenvalue weighted by atomic mass is 16.1. The maximum atomic E-state index is 10.8. The summed E-state index contributed by atoms with van der Waals surface area (Å²) in [6.07, 6.45) is 2.64. The highest BCUT2D eigenvalue weighted by Crippen LogP contribution is 2.11. The average molecular weight is 198 g/mol. The maximum Gasteiger partial charge on any atom is 0.266 e. The molecule has 0 aromatic carbocycles. The zero-order valence-corrected chi connectivity index (χ0v) is 7.64. The number of H-pyrrole nitrogens is 1. The summed E-state index contributed by atoms with van der Waals surface area (Å²) in [4.78, 5) is 21.2. The van der Waals surface area contributed by atoms with Crippen molar-refractivity contribution in [1.29, 1.82) is 5.26 Å². The van der Waals surface area contributed by atoms with E-state index in [1.165, 1.54) is 12.4 Å². The summed E-state index contributed by atoms with van der Waals surface area (Å²) in [5.74, 6) is 0. The van der Waals surface area contributed by atoms with E-state index in [2.05, 4.69) is 15.0 Å². The van der Waals surface area contributed by atoms with Crippen molar-refractivity contribution in [2.45, 2.75) is 0 Å². The second-order valence-corrected chi connectivity index (χ2v) is 2.82. The number of hydrogen-bond acceptors (Lipinski definition) is 4. The highest BCUT2D eigenvalue weighted by Gasteiger charge is 2.01. The van der Waals surface area contributed by atoms with Crippen molar-refractivity contribution in [3.63, 3.8) is 0 Å². The van der Waals surface area contributed by atoms with Gasteiger partial charge in [-0.15, -0.1) is 0 Å². The second-order valence-electron chi connectivity index (χ2n) is 2.82. The van der Waals surface area contributed by atoms with Crippen molar-refractivity contribution < 1.29 is 0 Å². The molecule has 1 N–H and O–H groups in total. The molecule has 72 valence electrons. The number of rotatable bonds is 1. The molecular formula is C10H6N4O. The number of aromatic nitrogens is 3. The SMILES string of the molecule is N#Cc1cccc(-c2c[nH]c(=O)cn2)n1. The van der Waals surface area contributed by atoms with Gasteiger partial charge in [-0.25, -0.2) is 9.97 Å². The molecule has 5 nitrogen and oxygen atoms in total. The van der Waals surface area contributed by atoms with Crippen molar-refractivity contribution in [3.05, 3.63) is 46.6 Å². The van der Waals surface area contributed by atoms with Crippen LogP contribution in [0, 0.1) is 11.3 Å². The molecule has 0 aliphatic heterocycles. The molecule has 0 aliphatic carbocycles. The van der Waals surface area contributed by atoms with Gasteiger partial charge in [0.2, 0.25) is 0 Å². The van der Waals surface area contributed by atoms with Crippen LogP contribution in [0.1, 0.15) is 5.69 Å². The van der Waals surface area contributed by atoms with E-state index in [0.717, 1.165) is 0 Å². The van der Waals surface area contributed by atoms with Crippen LogP contribution in [0.3, 0.4) is 0 Å². The van der Waals surface area contributed by atoms with Gasteiger partial charge >= 0.3 is 0 Å². The molecule has 0 atom stereocenters. The fourth-order valence-electron chi connectivity index (χ4n) is 1.12. The molecule has 0 amide bonds. The van der Waals surface area contributed by atoms with Crippen LogP contribution in [0.25, 0.3) is 11.4 Å². The first-order valence-electron chi connectivity index (χ1n) is 4.22. The van der Waals surface area contributed by atoms with Gasteiger partial charge in [0.15, 0.2) is 0 Å². The van der Waals surface area contributed by atoms with Crippen LogP contribution < -0.4 is 5.56 Å². The van der Waals surface area contributed by atoms with E-state index in [1.807, 2.05) is 6.07 Å². The molecular weight excluding hydrogens is 192 g/mol. The number of pyridine rings is 1. The van der Waals surface area contributed by atoms with E-state index in [-0.39, 0.29) is 5.56 Å². The van der Waals surface area contributed by atoms with Gasteiger partial charge in [0.1, 0.15) is 17.5 Å². The molecule has 0 saturated carbocycles. The molecule has 0 bridgehead atoms. The third-order valence-corrected chi connectivity index (χ3v) is 1.80. The minimum absolute atomic E-state index is 0.268. The molecule has 2 aromatic heterocycles. The lowest BCUT2D eigenvalue weighted by Gasteiger charge is -1.98. The lowest BCUT2D eigenvalue weighted by Crippen LogP contribution is -2.04. The molecule has 2 heterocycles. The lowest BCUT2D eigenvalue weighted by atomic mass is 10.2. The van der Waals surface area contributed by atoms with Crippen molar-refractivity contribution in [2.24, 2.45) is 0 Å². The lowest BCUT2D eigenvalue weighted by molar-refractivity contribution is 1.12. The van der Waals surface area contributed by atoms with Crippen LogP contribution in [0.15, 0.2) is 35.4 Å². The Balaban J connectivity index is 2.50. The van der Waals surface area contributed by atoms with Gasteiger partial charge in [-0.1, -0.05) is 6.07 Å². The molecule has 0 spiro atoms. The topological polar surface area (TPSA) is 82.4 Å². The maximum absolute atomic E-state index is 10.8. The first kappa shape index (κ1) is 9.09. The molecule has 0 radical (unpaired) electrons. The van der Waals surface area contributed by atoms with Gasteiger partial charge in [0.05, 0.1) is 11.9 Å². The molecule has 0 fully saturated rings. The van der Waals surface area contributed by atoms with Gasteiger partial charge in [0.25, 0.3) is 5.56 Å². The zero-order chi connectivity index (χ0) is 10.7. The Morgan fingerprint density at radius 1 is 1.33 bits per heavy atom. The number of nitrogens with zero attached hydrogens (tertiary/aromatic N) is 3. The number of nitriles is 1. The third kappa shape index (κ3) is 1.89. The zero-order valence-electron chi connectivity index (χ0n) is 7.64. The fourth-order valence-corrected chi connectivity index (χ4v) is 1.12. The summed E-state index contributed by atoms with van der Waals surface area (Å²) in [5.41, 5.74) is 1.15. The second kappa shape index (κ2) is 3.72. The van der Waals surface area contributed by atoms with Crippen LogP contribution in [-0.4, -0.2) is 15.0 Å². The van der Waals surface area contributed by atoms with Gasteiger partial charge < -0.3 is 4.98 Å². The number of hydrogen-bond donors (Lipinski definition) is 1. The molecule has 2 aromatic rings. The summed E-state index contributed by atoms with van der Waals surface area (Å²) in [6, 6.07) is 6.98. The summed E-state index contributed by atoms with van der Waals surface area (Å²) in [5, 5.41) is 8.66. The number of aromatic amines is 1. The van der Waals surface area contributed by atoms with Crippen molar-refractivity contribution in [1.82, 2.24) is 15.0 Å². The molecule has 0 unspecified atom stereocenters. The van der Waals surface area contributed by atoms with E-state index < -0.39 is 0 Å². The Morgan fingerprint density at radius 2 is 2.20 bits per heavy atom.